The van der Waals surface area contributed by atoms with Crippen molar-refractivity contribution in [2.24, 2.45) is 7.05 Å². The summed E-state index contributed by atoms with van der Waals surface area (Å²) in [5.74, 6) is 0.589. The average molecular weight is 252 g/mol. The molecule has 0 bridgehead atoms. The topological polar surface area (TPSA) is 52.7 Å². The Kier molecular flexibility index (Phi) is 2.52. The minimum Gasteiger partial charge on any atom is -0.266 e. The SMILES string of the molecule is C=Cc1ccc2c(-n3cccnc3=O)nn(C)c2c1. The summed E-state index contributed by atoms with van der Waals surface area (Å²) >= 11 is 0. The van der Waals surface area contributed by atoms with Gasteiger partial charge in [-0.1, -0.05) is 18.7 Å². The zero-order valence-electron chi connectivity index (χ0n) is 10.4. The van der Waals surface area contributed by atoms with Crippen LogP contribution in [0.25, 0.3) is 22.8 Å². The Bertz CT molecular complexity index is 829. The van der Waals surface area contributed by atoms with Crippen molar-refractivity contribution < 1.29 is 0 Å². The molecule has 0 spiro atoms. The Balaban J connectivity index is 2.35. The Morgan fingerprint density at radius 1 is 1.37 bits per heavy atom. The first-order chi connectivity index (χ1) is 9.20. The van der Waals surface area contributed by atoms with E-state index in [1.807, 2.05) is 25.2 Å². The first-order valence-corrected chi connectivity index (χ1v) is 5.84. The third kappa shape index (κ3) is 1.76. The molecule has 0 saturated carbocycles. The number of hydrogen-bond acceptors (Lipinski definition) is 3. The fourth-order valence-corrected chi connectivity index (χ4v) is 2.08. The molecule has 94 valence electrons. The molecule has 2 aromatic heterocycles. The van der Waals surface area contributed by atoms with Crippen molar-refractivity contribution in [2.75, 3.05) is 0 Å². The Labute approximate surface area is 109 Å². The second-order valence-corrected chi connectivity index (χ2v) is 4.20. The van der Waals surface area contributed by atoms with E-state index in [0.717, 1.165) is 16.5 Å². The maximum absolute atomic E-state index is 11.8. The van der Waals surface area contributed by atoms with E-state index >= 15 is 0 Å². The molecule has 0 aliphatic rings. The lowest BCUT2D eigenvalue weighted by molar-refractivity contribution is 0.761. The number of aryl methyl sites for hydroxylation is 1. The molecule has 0 aliphatic heterocycles. The van der Waals surface area contributed by atoms with Crippen LogP contribution in [-0.2, 0) is 7.05 Å². The zero-order valence-corrected chi connectivity index (χ0v) is 10.4. The van der Waals surface area contributed by atoms with E-state index in [9.17, 15) is 4.79 Å². The fraction of sp³-hybridized carbons (Fsp3) is 0.0714. The van der Waals surface area contributed by atoms with Gasteiger partial charge < -0.3 is 0 Å². The molecule has 5 heteroatoms. The van der Waals surface area contributed by atoms with Crippen LogP contribution in [-0.4, -0.2) is 19.3 Å². The van der Waals surface area contributed by atoms with Gasteiger partial charge in [0.05, 0.1) is 5.52 Å². The quantitative estimate of drug-likeness (QED) is 0.698. The maximum Gasteiger partial charge on any atom is 0.353 e. The van der Waals surface area contributed by atoms with Gasteiger partial charge in [-0.05, 0) is 23.8 Å². The molecule has 0 fully saturated rings. The molecule has 0 saturated heterocycles. The minimum absolute atomic E-state index is 0.338. The highest BCUT2D eigenvalue weighted by Gasteiger charge is 2.11. The lowest BCUT2D eigenvalue weighted by atomic mass is 10.1. The van der Waals surface area contributed by atoms with Gasteiger partial charge in [0.2, 0.25) is 0 Å². The van der Waals surface area contributed by atoms with Crippen LogP contribution in [0.15, 0.2) is 48.0 Å². The van der Waals surface area contributed by atoms with E-state index in [4.69, 9.17) is 0 Å². The zero-order chi connectivity index (χ0) is 13.4. The summed E-state index contributed by atoms with van der Waals surface area (Å²) in [7, 11) is 1.85. The van der Waals surface area contributed by atoms with Crippen molar-refractivity contribution in [2.45, 2.75) is 0 Å². The van der Waals surface area contributed by atoms with Gasteiger partial charge in [-0.15, -0.1) is 0 Å². The van der Waals surface area contributed by atoms with Crippen LogP contribution in [0, 0.1) is 0 Å². The van der Waals surface area contributed by atoms with E-state index in [0.29, 0.717) is 5.82 Å². The predicted octanol–water partition coefficient (Wildman–Crippen LogP) is 1.76. The van der Waals surface area contributed by atoms with Gasteiger partial charge in [-0.2, -0.15) is 5.10 Å². The first kappa shape index (κ1) is 11.4. The fourth-order valence-electron chi connectivity index (χ4n) is 2.08. The van der Waals surface area contributed by atoms with Crippen molar-refractivity contribution in [3.05, 3.63) is 59.3 Å². The highest BCUT2D eigenvalue weighted by Crippen LogP contribution is 2.21. The highest BCUT2D eigenvalue weighted by molar-refractivity contribution is 5.88. The van der Waals surface area contributed by atoms with Crippen LogP contribution in [0.1, 0.15) is 5.56 Å². The van der Waals surface area contributed by atoms with E-state index in [2.05, 4.69) is 16.7 Å². The molecule has 19 heavy (non-hydrogen) atoms. The summed E-state index contributed by atoms with van der Waals surface area (Å²) in [6.07, 6.45) is 4.92. The number of rotatable bonds is 2. The number of nitrogens with zero attached hydrogens (tertiary/aromatic N) is 4. The highest BCUT2D eigenvalue weighted by atomic mass is 16.1. The van der Waals surface area contributed by atoms with E-state index in [1.165, 1.54) is 10.8 Å². The molecule has 0 radical (unpaired) electrons. The third-order valence-electron chi connectivity index (χ3n) is 3.03. The molecule has 0 unspecified atom stereocenters. The number of benzene rings is 1. The molecule has 3 aromatic rings. The molecule has 5 nitrogen and oxygen atoms in total. The third-order valence-corrected chi connectivity index (χ3v) is 3.03. The van der Waals surface area contributed by atoms with Gasteiger partial charge in [0.25, 0.3) is 0 Å². The normalized spacial score (nSPS) is 10.8. The Morgan fingerprint density at radius 3 is 2.95 bits per heavy atom. The van der Waals surface area contributed by atoms with Crippen LogP contribution < -0.4 is 5.69 Å². The molecule has 2 heterocycles. The summed E-state index contributed by atoms with van der Waals surface area (Å²) in [6.45, 7) is 3.75. The van der Waals surface area contributed by atoms with E-state index in [1.54, 1.807) is 23.0 Å². The van der Waals surface area contributed by atoms with E-state index < -0.39 is 0 Å². The smallest absolute Gasteiger partial charge is 0.266 e. The first-order valence-electron chi connectivity index (χ1n) is 5.84. The largest absolute Gasteiger partial charge is 0.353 e. The minimum atomic E-state index is -0.338. The maximum atomic E-state index is 11.8. The van der Waals surface area contributed by atoms with Crippen molar-refractivity contribution in [1.82, 2.24) is 19.3 Å². The summed E-state index contributed by atoms with van der Waals surface area (Å²) in [4.78, 5) is 15.5. The van der Waals surface area contributed by atoms with Crippen LogP contribution in [0.2, 0.25) is 0 Å². The van der Waals surface area contributed by atoms with Crippen molar-refractivity contribution in [3.8, 4) is 5.82 Å². The van der Waals surface area contributed by atoms with Crippen LogP contribution >= 0.6 is 0 Å². The molecule has 3 rings (SSSR count). The molecule has 0 aliphatic carbocycles. The Hall–Kier alpha value is -2.69. The van der Waals surface area contributed by atoms with Gasteiger partial charge in [0.1, 0.15) is 0 Å². The molecular weight excluding hydrogens is 240 g/mol. The molecule has 0 amide bonds. The lowest BCUT2D eigenvalue weighted by Crippen LogP contribution is -2.20. The van der Waals surface area contributed by atoms with Gasteiger partial charge in [-0.25, -0.2) is 14.3 Å². The Morgan fingerprint density at radius 2 is 2.21 bits per heavy atom. The van der Waals surface area contributed by atoms with Crippen molar-refractivity contribution >= 4 is 17.0 Å². The van der Waals surface area contributed by atoms with Gasteiger partial charge >= 0.3 is 5.69 Å². The number of fused-ring (bicyclic) bond motifs is 1. The predicted molar refractivity (Wildman–Crippen MR) is 74.2 cm³/mol. The summed E-state index contributed by atoms with van der Waals surface area (Å²) in [6, 6.07) is 7.58. The van der Waals surface area contributed by atoms with E-state index in [-0.39, 0.29) is 5.69 Å². The van der Waals surface area contributed by atoms with Gasteiger partial charge in [-0.3, -0.25) is 4.68 Å². The summed E-state index contributed by atoms with van der Waals surface area (Å²) in [5.41, 5.74) is 1.62. The average Bonchev–Trinajstić information content (AvgIpc) is 2.76. The second kappa shape index (κ2) is 4.20. The summed E-state index contributed by atoms with van der Waals surface area (Å²) < 4.78 is 3.19. The van der Waals surface area contributed by atoms with Crippen molar-refractivity contribution in [3.63, 3.8) is 0 Å². The van der Waals surface area contributed by atoms with Crippen LogP contribution in [0.3, 0.4) is 0 Å². The molecule has 0 atom stereocenters. The monoisotopic (exact) mass is 252 g/mol. The van der Waals surface area contributed by atoms with Gasteiger partial charge in [0.15, 0.2) is 5.82 Å². The number of hydrogen-bond donors (Lipinski definition) is 0. The number of aromatic nitrogens is 4. The standard InChI is InChI=1S/C14H12N4O/c1-3-10-5-6-11-12(9-10)17(2)16-13(11)18-8-4-7-15-14(18)19/h3-9H,1H2,2H3. The molecule has 1 aromatic carbocycles. The van der Waals surface area contributed by atoms with Crippen LogP contribution in [0.5, 0.6) is 0 Å². The molecular formula is C14H12N4O. The summed E-state index contributed by atoms with van der Waals surface area (Å²) in [5, 5.41) is 5.31. The lowest BCUT2D eigenvalue weighted by Gasteiger charge is -2.00. The van der Waals surface area contributed by atoms with Crippen molar-refractivity contribution in [1.29, 1.82) is 0 Å². The van der Waals surface area contributed by atoms with Crippen LogP contribution in [0.4, 0.5) is 0 Å². The second-order valence-electron chi connectivity index (χ2n) is 4.20. The molecule has 0 N–H and O–H groups in total. The van der Waals surface area contributed by atoms with Gasteiger partial charge in [0, 0.05) is 24.8 Å².